The van der Waals surface area contributed by atoms with Crippen LogP contribution in [0.4, 0.5) is 0 Å². The van der Waals surface area contributed by atoms with Gasteiger partial charge in [-0.05, 0) is 24.3 Å². The van der Waals surface area contributed by atoms with Gasteiger partial charge in [-0.25, -0.2) is 9.50 Å². The lowest BCUT2D eigenvalue weighted by Crippen LogP contribution is -1.86. The van der Waals surface area contributed by atoms with Crippen LogP contribution in [0.15, 0.2) is 42.9 Å². The van der Waals surface area contributed by atoms with Gasteiger partial charge in [0.25, 0.3) is 0 Å². The van der Waals surface area contributed by atoms with E-state index in [1.807, 2.05) is 18.2 Å². The summed E-state index contributed by atoms with van der Waals surface area (Å²) in [6.07, 6.45) is 5.16. The normalized spacial score (nSPS) is 10.8. The minimum atomic E-state index is 0.638. The third-order valence-corrected chi connectivity index (χ3v) is 2.46. The third kappa shape index (κ3) is 1.53. The number of halogens is 1. The second kappa shape index (κ2) is 3.57. The smallest absolute Gasteiger partial charge is 0.182 e. The van der Waals surface area contributed by atoms with Crippen LogP contribution < -0.4 is 0 Å². The predicted molar refractivity (Wildman–Crippen MR) is 61.2 cm³/mol. The highest BCUT2D eigenvalue weighted by molar-refractivity contribution is 6.30. The lowest BCUT2D eigenvalue weighted by Gasteiger charge is -1.91. The van der Waals surface area contributed by atoms with E-state index in [4.69, 9.17) is 11.6 Å². The summed E-state index contributed by atoms with van der Waals surface area (Å²) in [5.74, 6) is 0.671. The van der Waals surface area contributed by atoms with E-state index in [0.717, 1.165) is 11.2 Å². The molecule has 0 N–H and O–H groups in total. The molecule has 0 fully saturated rings. The molecule has 0 aliphatic heterocycles. The molecule has 0 unspecified atom stereocenters. The first-order chi connectivity index (χ1) is 7.83. The van der Waals surface area contributed by atoms with Gasteiger partial charge in [-0.1, -0.05) is 11.6 Å². The summed E-state index contributed by atoms with van der Waals surface area (Å²) >= 11 is 5.88. The summed E-state index contributed by atoms with van der Waals surface area (Å²) in [4.78, 5) is 8.34. The summed E-state index contributed by atoms with van der Waals surface area (Å²) in [6.45, 7) is 0. The van der Waals surface area contributed by atoms with Crippen molar-refractivity contribution in [2.75, 3.05) is 0 Å². The Labute approximate surface area is 96.5 Å². The van der Waals surface area contributed by atoms with Crippen molar-refractivity contribution in [2.24, 2.45) is 0 Å². The number of rotatable bonds is 1. The second-order valence-corrected chi connectivity index (χ2v) is 3.76. The number of aromatic nitrogens is 4. The van der Waals surface area contributed by atoms with Gasteiger partial charge in [-0.15, -0.1) is 5.10 Å². The Bertz CT molecular complexity index is 633. The lowest BCUT2D eigenvalue weighted by molar-refractivity contribution is 0.965. The molecule has 78 valence electrons. The molecule has 3 aromatic heterocycles. The molecule has 3 aromatic rings. The average molecular weight is 231 g/mol. The molecular weight excluding hydrogens is 224 g/mol. The molecule has 0 saturated heterocycles. The van der Waals surface area contributed by atoms with E-state index in [1.54, 1.807) is 29.2 Å². The molecule has 4 nitrogen and oxygen atoms in total. The van der Waals surface area contributed by atoms with Crippen LogP contribution in [0.2, 0.25) is 5.02 Å². The van der Waals surface area contributed by atoms with Gasteiger partial charge in [0, 0.05) is 24.2 Å². The van der Waals surface area contributed by atoms with Gasteiger partial charge in [-0.3, -0.25) is 4.98 Å². The van der Waals surface area contributed by atoms with Gasteiger partial charge < -0.3 is 0 Å². The number of hydrogen-bond donors (Lipinski definition) is 0. The molecule has 5 heteroatoms. The SMILES string of the molecule is Clc1ccc2nc(-c3ccncc3)nn2c1. The van der Waals surface area contributed by atoms with Gasteiger partial charge in [0.05, 0.1) is 5.02 Å². The zero-order chi connectivity index (χ0) is 11.0. The maximum absolute atomic E-state index is 5.88. The lowest BCUT2D eigenvalue weighted by atomic mass is 10.3. The molecule has 3 rings (SSSR count). The van der Waals surface area contributed by atoms with Gasteiger partial charge in [-0.2, -0.15) is 0 Å². The van der Waals surface area contributed by atoms with E-state index in [9.17, 15) is 0 Å². The molecule has 16 heavy (non-hydrogen) atoms. The van der Waals surface area contributed by atoms with Crippen LogP contribution in [-0.2, 0) is 0 Å². The molecule has 0 radical (unpaired) electrons. The van der Waals surface area contributed by atoms with Gasteiger partial charge in [0.2, 0.25) is 0 Å². The summed E-state index contributed by atoms with van der Waals surface area (Å²) in [5, 5.41) is 4.97. The molecular formula is C11H7ClN4. The van der Waals surface area contributed by atoms with Crippen molar-refractivity contribution in [3.8, 4) is 11.4 Å². The summed E-state index contributed by atoms with van der Waals surface area (Å²) in [5.41, 5.74) is 1.71. The number of hydrogen-bond acceptors (Lipinski definition) is 3. The van der Waals surface area contributed by atoms with Gasteiger partial charge in [0.15, 0.2) is 11.5 Å². The summed E-state index contributed by atoms with van der Waals surface area (Å²) < 4.78 is 1.66. The van der Waals surface area contributed by atoms with Crippen LogP contribution >= 0.6 is 11.6 Å². The van der Waals surface area contributed by atoms with Crippen LogP contribution in [0.3, 0.4) is 0 Å². The predicted octanol–water partition coefficient (Wildman–Crippen LogP) is 2.44. The Hall–Kier alpha value is -1.94. The fourth-order valence-corrected chi connectivity index (χ4v) is 1.64. The van der Waals surface area contributed by atoms with Crippen molar-refractivity contribution in [3.05, 3.63) is 47.9 Å². The van der Waals surface area contributed by atoms with Gasteiger partial charge in [0.1, 0.15) is 0 Å². The van der Waals surface area contributed by atoms with Crippen molar-refractivity contribution in [1.82, 2.24) is 19.6 Å². The molecule has 0 spiro atoms. The van der Waals surface area contributed by atoms with Crippen LogP contribution in [0, 0.1) is 0 Å². The summed E-state index contributed by atoms with van der Waals surface area (Å²) in [6, 6.07) is 7.37. The Kier molecular flexibility index (Phi) is 2.08. The van der Waals surface area contributed by atoms with Crippen molar-refractivity contribution in [2.45, 2.75) is 0 Å². The maximum Gasteiger partial charge on any atom is 0.182 e. The highest BCUT2D eigenvalue weighted by Crippen LogP contribution is 2.16. The fraction of sp³-hybridized carbons (Fsp3) is 0. The van der Waals surface area contributed by atoms with Crippen LogP contribution in [0.5, 0.6) is 0 Å². The fourth-order valence-electron chi connectivity index (χ4n) is 1.48. The zero-order valence-electron chi connectivity index (χ0n) is 8.21. The van der Waals surface area contributed by atoms with E-state index in [-0.39, 0.29) is 0 Å². The zero-order valence-corrected chi connectivity index (χ0v) is 8.96. The topological polar surface area (TPSA) is 43.1 Å². The molecule has 0 bridgehead atoms. The number of nitrogens with zero attached hydrogens (tertiary/aromatic N) is 4. The standard InChI is InChI=1S/C11H7ClN4/c12-9-1-2-10-14-11(15-16(10)7-9)8-3-5-13-6-4-8/h1-7H. The number of pyridine rings is 2. The van der Waals surface area contributed by atoms with Crippen molar-refractivity contribution < 1.29 is 0 Å². The highest BCUT2D eigenvalue weighted by atomic mass is 35.5. The second-order valence-electron chi connectivity index (χ2n) is 3.32. The van der Waals surface area contributed by atoms with Crippen molar-refractivity contribution >= 4 is 17.2 Å². The Morgan fingerprint density at radius 1 is 1.06 bits per heavy atom. The Morgan fingerprint density at radius 3 is 2.69 bits per heavy atom. The number of fused-ring (bicyclic) bond motifs is 1. The molecule has 0 aromatic carbocycles. The van der Waals surface area contributed by atoms with Crippen molar-refractivity contribution in [1.29, 1.82) is 0 Å². The van der Waals surface area contributed by atoms with Gasteiger partial charge >= 0.3 is 0 Å². The monoisotopic (exact) mass is 230 g/mol. The van der Waals surface area contributed by atoms with E-state index in [2.05, 4.69) is 15.1 Å². The molecule has 0 saturated carbocycles. The molecule has 3 heterocycles. The molecule has 0 aliphatic rings. The van der Waals surface area contributed by atoms with E-state index in [1.165, 1.54) is 0 Å². The third-order valence-electron chi connectivity index (χ3n) is 2.23. The highest BCUT2D eigenvalue weighted by Gasteiger charge is 2.05. The van der Waals surface area contributed by atoms with E-state index in [0.29, 0.717) is 10.8 Å². The first-order valence-electron chi connectivity index (χ1n) is 4.75. The molecule has 0 atom stereocenters. The quantitative estimate of drug-likeness (QED) is 0.645. The molecule has 0 amide bonds. The maximum atomic E-state index is 5.88. The van der Waals surface area contributed by atoms with E-state index < -0.39 is 0 Å². The van der Waals surface area contributed by atoms with Crippen LogP contribution in [-0.4, -0.2) is 19.6 Å². The van der Waals surface area contributed by atoms with Crippen molar-refractivity contribution in [3.63, 3.8) is 0 Å². The largest absolute Gasteiger partial charge is 0.265 e. The first kappa shape index (κ1) is 9.30. The van der Waals surface area contributed by atoms with Crippen LogP contribution in [0.1, 0.15) is 0 Å². The average Bonchev–Trinajstić information content (AvgIpc) is 2.73. The first-order valence-corrected chi connectivity index (χ1v) is 5.13. The minimum absolute atomic E-state index is 0.638. The Balaban J connectivity index is 2.19. The van der Waals surface area contributed by atoms with Crippen LogP contribution in [0.25, 0.3) is 17.0 Å². The minimum Gasteiger partial charge on any atom is -0.265 e. The van der Waals surface area contributed by atoms with E-state index >= 15 is 0 Å². The summed E-state index contributed by atoms with van der Waals surface area (Å²) in [7, 11) is 0. The molecule has 0 aliphatic carbocycles. The Morgan fingerprint density at radius 2 is 1.88 bits per heavy atom.